The van der Waals surface area contributed by atoms with Gasteiger partial charge in [-0.1, -0.05) is 15.9 Å². The summed E-state index contributed by atoms with van der Waals surface area (Å²) >= 11 is 3.41. The first-order valence-corrected chi connectivity index (χ1v) is 7.10. The number of anilines is 3. The molecule has 20 heavy (non-hydrogen) atoms. The van der Waals surface area contributed by atoms with E-state index in [1.54, 1.807) is 6.07 Å². The summed E-state index contributed by atoms with van der Waals surface area (Å²) in [6.45, 7) is 0.810. The van der Waals surface area contributed by atoms with Gasteiger partial charge in [-0.2, -0.15) is 5.10 Å². The molecule has 6 heteroatoms. The summed E-state index contributed by atoms with van der Waals surface area (Å²) in [5, 5.41) is 7.72. The molecule has 0 bridgehead atoms. The molecular formula is C14H14BrN5. The van der Waals surface area contributed by atoms with E-state index in [1.165, 1.54) is 0 Å². The Kier molecular flexibility index (Phi) is 3.56. The molecule has 0 aliphatic carbocycles. The molecule has 0 spiro atoms. The van der Waals surface area contributed by atoms with Gasteiger partial charge in [0, 0.05) is 23.0 Å². The van der Waals surface area contributed by atoms with Gasteiger partial charge in [-0.25, -0.2) is 4.98 Å². The maximum absolute atomic E-state index is 5.70. The van der Waals surface area contributed by atoms with Crippen molar-refractivity contribution in [1.29, 1.82) is 0 Å². The summed E-state index contributed by atoms with van der Waals surface area (Å²) in [5.41, 5.74) is 11.7. The van der Waals surface area contributed by atoms with Crippen LogP contribution in [0.15, 0.2) is 46.0 Å². The lowest BCUT2D eigenvalue weighted by molar-refractivity contribution is 1.04. The third-order valence-electron chi connectivity index (χ3n) is 3.05. The van der Waals surface area contributed by atoms with Crippen molar-refractivity contribution in [3.8, 4) is 0 Å². The Morgan fingerprint density at radius 2 is 2.00 bits per heavy atom. The van der Waals surface area contributed by atoms with Gasteiger partial charge in [-0.15, -0.1) is 0 Å². The number of nitrogens with one attached hydrogen (secondary N) is 2. The number of fused-ring (bicyclic) bond motifs is 1. The fraction of sp³-hybridized carbons (Fsp3) is 0.143. The number of benzene rings is 1. The summed E-state index contributed by atoms with van der Waals surface area (Å²) < 4.78 is 1.04. The van der Waals surface area contributed by atoms with Gasteiger partial charge in [0.2, 0.25) is 0 Å². The van der Waals surface area contributed by atoms with E-state index in [9.17, 15) is 0 Å². The number of halogens is 1. The Balaban J connectivity index is 1.84. The zero-order chi connectivity index (χ0) is 13.9. The summed E-state index contributed by atoms with van der Waals surface area (Å²) in [5.74, 6) is 1.31. The molecule has 0 atom stereocenters. The standard InChI is InChI=1S/C14H14BrN5/c15-9-1-3-10(4-2-9)19-20-12-7-8-17-14-11(12)5-6-13(16)18-14/h1-6,19H,7-8H2,(H3,16,17,18). The van der Waals surface area contributed by atoms with E-state index >= 15 is 0 Å². The summed E-state index contributed by atoms with van der Waals surface area (Å²) in [6.07, 6.45) is 0.849. The normalized spacial score (nSPS) is 15.6. The van der Waals surface area contributed by atoms with Crippen LogP contribution in [0.25, 0.3) is 0 Å². The summed E-state index contributed by atoms with van der Waals surface area (Å²) in [7, 11) is 0. The molecule has 0 unspecified atom stereocenters. The summed E-state index contributed by atoms with van der Waals surface area (Å²) in [6, 6.07) is 11.6. The molecule has 2 aromatic rings. The molecule has 5 nitrogen and oxygen atoms in total. The van der Waals surface area contributed by atoms with Crippen LogP contribution in [0, 0.1) is 0 Å². The molecule has 3 rings (SSSR count). The fourth-order valence-electron chi connectivity index (χ4n) is 2.05. The third kappa shape index (κ3) is 2.75. The van der Waals surface area contributed by atoms with E-state index in [0.29, 0.717) is 5.82 Å². The Bertz CT molecular complexity index is 651. The number of nitrogens with zero attached hydrogens (tertiary/aromatic N) is 2. The van der Waals surface area contributed by atoms with E-state index in [2.05, 4.69) is 36.8 Å². The Hall–Kier alpha value is -2.08. The first-order chi connectivity index (χ1) is 9.72. The molecule has 1 aromatic heterocycles. The Labute approximate surface area is 125 Å². The molecule has 1 aliphatic heterocycles. The van der Waals surface area contributed by atoms with Crippen LogP contribution in [0.2, 0.25) is 0 Å². The van der Waals surface area contributed by atoms with Gasteiger partial charge >= 0.3 is 0 Å². The number of nitrogens with two attached hydrogens (primary N) is 1. The van der Waals surface area contributed by atoms with Crippen LogP contribution in [-0.2, 0) is 0 Å². The van der Waals surface area contributed by atoms with Crippen LogP contribution in [0.3, 0.4) is 0 Å². The van der Waals surface area contributed by atoms with E-state index in [1.807, 2.05) is 30.3 Å². The van der Waals surface area contributed by atoms with Gasteiger partial charge in [0.25, 0.3) is 0 Å². The lowest BCUT2D eigenvalue weighted by atomic mass is 10.1. The van der Waals surface area contributed by atoms with Crippen molar-refractivity contribution in [3.63, 3.8) is 0 Å². The first-order valence-electron chi connectivity index (χ1n) is 6.31. The van der Waals surface area contributed by atoms with E-state index in [-0.39, 0.29) is 0 Å². The van der Waals surface area contributed by atoms with Crippen molar-refractivity contribution in [1.82, 2.24) is 4.98 Å². The number of pyridine rings is 1. The number of hydrogen-bond donors (Lipinski definition) is 3. The molecule has 102 valence electrons. The van der Waals surface area contributed by atoms with Gasteiger partial charge in [0.05, 0.1) is 11.4 Å². The molecule has 4 N–H and O–H groups in total. The van der Waals surface area contributed by atoms with Gasteiger partial charge in [-0.05, 0) is 36.4 Å². The molecule has 0 saturated carbocycles. The number of aromatic nitrogens is 1. The predicted molar refractivity (Wildman–Crippen MR) is 86.1 cm³/mol. The van der Waals surface area contributed by atoms with Crippen molar-refractivity contribution in [2.45, 2.75) is 6.42 Å². The predicted octanol–water partition coefficient (Wildman–Crippen LogP) is 3.06. The van der Waals surface area contributed by atoms with Crippen molar-refractivity contribution in [3.05, 3.63) is 46.4 Å². The highest BCUT2D eigenvalue weighted by molar-refractivity contribution is 9.10. The van der Waals surface area contributed by atoms with Crippen molar-refractivity contribution in [2.75, 3.05) is 23.0 Å². The third-order valence-corrected chi connectivity index (χ3v) is 3.57. The molecule has 2 heterocycles. The van der Waals surface area contributed by atoms with Gasteiger partial charge in [0.1, 0.15) is 11.6 Å². The minimum atomic E-state index is 0.512. The molecule has 0 fully saturated rings. The van der Waals surface area contributed by atoms with Crippen LogP contribution in [-0.4, -0.2) is 17.2 Å². The zero-order valence-electron chi connectivity index (χ0n) is 10.7. The molecular weight excluding hydrogens is 318 g/mol. The highest BCUT2D eigenvalue weighted by atomic mass is 79.9. The van der Waals surface area contributed by atoms with Crippen molar-refractivity contribution < 1.29 is 0 Å². The highest BCUT2D eigenvalue weighted by Gasteiger charge is 2.16. The van der Waals surface area contributed by atoms with Crippen molar-refractivity contribution >= 4 is 39.0 Å². The largest absolute Gasteiger partial charge is 0.384 e. The van der Waals surface area contributed by atoms with Gasteiger partial charge in [0.15, 0.2) is 0 Å². The summed E-state index contributed by atoms with van der Waals surface area (Å²) in [4.78, 5) is 4.28. The lowest BCUT2D eigenvalue weighted by Crippen LogP contribution is -2.21. The SMILES string of the molecule is Nc1ccc2c(n1)NCCC2=NNc1ccc(Br)cc1. The Morgan fingerprint density at radius 1 is 1.20 bits per heavy atom. The number of rotatable bonds is 2. The van der Waals surface area contributed by atoms with Crippen LogP contribution in [0.5, 0.6) is 0 Å². The average Bonchev–Trinajstić information content (AvgIpc) is 2.46. The number of nitrogen functional groups attached to an aromatic ring is 1. The maximum Gasteiger partial charge on any atom is 0.137 e. The van der Waals surface area contributed by atoms with E-state index in [0.717, 1.165) is 40.2 Å². The van der Waals surface area contributed by atoms with Crippen LogP contribution >= 0.6 is 15.9 Å². The van der Waals surface area contributed by atoms with Crippen LogP contribution < -0.4 is 16.5 Å². The van der Waals surface area contributed by atoms with Crippen LogP contribution in [0.1, 0.15) is 12.0 Å². The minimum absolute atomic E-state index is 0.512. The second-order valence-corrected chi connectivity index (χ2v) is 5.40. The average molecular weight is 332 g/mol. The molecule has 0 amide bonds. The quantitative estimate of drug-likeness (QED) is 0.739. The van der Waals surface area contributed by atoms with Crippen LogP contribution in [0.4, 0.5) is 17.3 Å². The topological polar surface area (TPSA) is 75.3 Å². The smallest absolute Gasteiger partial charge is 0.137 e. The number of hydrogen-bond acceptors (Lipinski definition) is 5. The molecule has 1 aliphatic rings. The van der Waals surface area contributed by atoms with E-state index < -0.39 is 0 Å². The van der Waals surface area contributed by atoms with Gasteiger partial charge < -0.3 is 11.1 Å². The minimum Gasteiger partial charge on any atom is -0.384 e. The Morgan fingerprint density at radius 3 is 2.80 bits per heavy atom. The molecule has 0 radical (unpaired) electrons. The first kappa shape index (κ1) is 12.9. The zero-order valence-corrected chi connectivity index (χ0v) is 12.3. The van der Waals surface area contributed by atoms with E-state index in [4.69, 9.17) is 5.73 Å². The maximum atomic E-state index is 5.70. The highest BCUT2D eigenvalue weighted by Crippen LogP contribution is 2.22. The monoisotopic (exact) mass is 331 g/mol. The fourth-order valence-corrected chi connectivity index (χ4v) is 2.31. The lowest BCUT2D eigenvalue weighted by Gasteiger charge is -2.19. The number of hydrazone groups is 1. The second-order valence-electron chi connectivity index (χ2n) is 4.49. The second kappa shape index (κ2) is 5.50. The van der Waals surface area contributed by atoms with Gasteiger partial charge in [-0.3, -0.25) is 5.43 Å². The molecule has 1 aromatic carbocycles. The van der Waals surface area contributed by atoms with Crippen molar-refractivity contribution in [2.24, 2.45) is 5.10 Å². The molecule has 0 saturated heterocycles.